The summed E-state index contributed by atoms with van der Waals surface area (Å²) >= 11 is 0. The van der Waals surface area contributed by atoms with Crippen LogP contribution in [0, 0.1) is 0 Å². The molecule has 6 nitrogen and oxygen atoms in total. The molecule has 0 aliphatic heterocycles. The number of aromatic hydroxyl groups is 1. The van der Waals surface area contributed by atoms with Crippen LogP contribution >= 0.6 is 0 Å². The zero-order valence-electron chi connectivity index (χ0n) is 11.2. The summed E-state index contributed by atoms with van der Waals surface area (Å²) in [6.07, 6.45) is 0. The van der Waals surface area contributed by atoms with Gasteiger partial charge in [-0.3, -0.25) is 4.55 Å². The maximum atomic E-state index is 9.97. The van der Waals surface area contributed by atoms with Gasteiger partial charge in [0, 0.05) is 12.1 Å². The van der Waals surface area contributed by atoms with Crippen LogP contribution in [-0.4, -0.2) is 22.6 Å². The summed E-state index contributed by atoms with van der Waals surface area (Å²) in [4.78, 5) is 0. The average Bonchev–Trinajstić information content (AvgIpc) is 2.46. The first-order valence-electron chi connectivity index (χ1n) is 6.13. The van der Waals surface area contributed by atoms with Gasteiger partial charge in [-0.15, -0.1) is 0 Å². The Morgan fingerprint density at radius 3 is 2.14 bits per heavy atom. The second kappa shape index (κ2) is 6.52. The van der Waals surface area contributed by atoms with Crippen molar-refractivity contribution in [2.24, 2.45) is 0 Å². The Morgan fingerprint density at radius 2 is 1.50 bits per heavy atom. The van der Waals surface area contributed by atoms with Gasteiger partial charge in [-0.2, -0.15) is 0 Å². The first-order valence-corrected chi connectivity index (χ1v) is 7.49. The summed E-state index contributed by atoms with van der Waals surface area (Å²) in [6, 6.07) is 18.9. The topological polar surface area (TPSA) is 109 Å². The van der Waals surface area contributed by atoms with E-state index in [0.717, 1.165) is 16.5 Å². The third-order valence-corrected chi connectivity index (χ3v) is 2.69. The number of benzene rings is 2. The molecule has 0 aliphatic carbocycles. The van der Waals surface area contributed by atoms with Crippen LogP contribution < -0.4 is 0 Å². The Kier molecular flexibility index (Phi) is 4.71. The van der Waals surface area contributed by atoms with Gasteiger partial charge in [-0.1, -0.05) is 30.3 Å². The maximum Gasteiger partial charge on any atom is 0.401 e. The Bertz CT molecular complexity index is 867. The van der Waals surface area contributed by atoms with Crippen molar-refractivity contribution in [1.29, 1.82) is 0 Å². The third-order valence-electron chi connectivity index (χ3n) is 2.69. The average molecular weight is 320 g/mol. The van der Waals surface area contributed by atoms with E-state index in [1.807, 2.05) is 54.6 Å². The van der Waals surface area contributed by atoms with Crippen molar-refractivity contribution in [1.82, 2.24) is 0 Å². The minimum Gasteiger partial charge on any atom is -0.726 e. The molecule has 7 heteroatoms. The summed E-state index contributed by atoms with van der Waals surface area (Å²) in [5, 5.41) is 10.9. The van der Waals surface area contributed by atoms with E-state index in [2.05, 4.69) is 0 Å². The zero-order chi connectivity index (χ0) is 16.2. The fourth-order valence-electron chi connectivity index (χ4n) is 1.86. The van der Waals surface area contributed by atoms with E-state index < -0.39 is 10.4 Å². The summed E-state index contributed by atoms with van der Waals surface area (Å²) in [5.41, 5.74) is 1.64. The fraction of sp³-hybridized carbons (Fsp3) is 0. The highest BCUT2D eigenvalue weighted by Gasteiger charge is 2.20. The lowest BCUT2D eigenvalue weighted by atomic mass is 10.1. The van der Waals surface area contributed by atoms with E-state index >= 15 is 0 Å². The van der Waals surface area contributed by atoms with Crippen molar-refractivity contribution in [2.45, 2.75) is 0 Å². The molecule has 0 spiro atoms. The number of para-hydroxylation sites is 1. The van der Waals surface area contributed by atoms with Crippen LogP contribution in [0.15, 0.2) is 65.1 Å². The standard InChI is InChI=1S/C15H10O2.H2O4S/c16-13-10-12-8-4-5-9-14(12)17-15(13)11-6-2-1-3-7-11;1-5(2,3)4/h1-10H;(H2,1,2,3,4). The minimum atomic E-state index is -4.92. The highest BCUT2D eigenvalue weighted by Crippen LogP contribution is 2.32. The molecule has 0 atom stereocenters. The molecule has 22 heavy (non-hydrogen) atoms. The second-order valence-corrected chi connectivity index (χ2v) is 5.15. The van der Waals surface area contributed by atoms with Crippen LogP contribution in [0.1, 0.15) is 0 Å². The van der Waals surface area contributed by atoms with Crippen molar-refractivity contribution in [3.8, 4) is 17.1 Å². The molecule has 3 aromatic rings. The van der Waals surface area contributed by atoms with E-state index in [0.29, 0.717) is 5.76 Å². The molecule has 1 heterocycles. The molecule has 0 saturated carbocycles. The predicted octanol–water partition coefficient (Wildman–Crippen LogP) is 3.09. The van der Waals surface area contributed by atoms with E-state index in [1.165, 1.54) is 0 Å². The van der Waals surface area contributed by atoms with E-state index in [1.54, 1.807) is 6.07 Å². The first kappa shape index (κ1) is 15.9. The molecular weight excluding hydrogens is 308 g/mol. The van der Waals surface area contributed by atoms with Gasteiger partial charge in [0.2, 0.25) is 16.1 Å². The van der Waals surface area contributed by atoms with Gasteiger partial charge in [0.05, 0.1) is 10.9 Å². The predicted molar refractivity (Wildman–Crippen MR) is 80.0 cm³/mol. The Morgan fingerprint density at radius 1 is 0.955 bits per heavy atom. The molecule has 3 rings (SSSR count). The maximum absolute atomic E-state index is 9.97. The molecule has 114 valence electrons. The van der Waals surface area contributed by atoms with Crippen molar-refractivity contribution in [2.75, 3.05) is 0 Å². The molecule has 0 radical (unpaired) electrons. The minimum absolute atomic E-state index is 0.162. The normalized spacial score (nSPS) is 10.8. The molecule has 0 saturated heterocycles. The molecular formula is C15H12O6S. The van der Waals surface area contributed by atoms with Crippen molar-refractivity contribution in [3.63, 3.8) is 0 Å². The Hall–Kier alpha value is -2.48. The molecule has 0 aliphatic rings. The molecule has 0 unspecified atom stereocenters. The zero-order valence-corrected chi connectivity index (χ0v) is 12.0. The van der Waals surface area contributed by atoms with E-state index in [-0.39, 0.29) is 5.75 Å². The van der Waals surface area contributed by atoms with Crippen molar-refractivity contribution >= 4 is 21.4 Å². The van der Waals surface area contributed by atoms with Gasteiger partial charge in [-0.25, -0.2) is 12.8 Å². The summed E-state index contributed by atoms with van der Waals surface area (Å²) in [7, 11) is -4.92. The molecule has 0 amide bonds. The Labute approximate surface area is 126 Å². The van der Waals surface area contributed by atoms with Crippen molar-refractivity contribution in [3.05, 3.63) is 60.7 Å². The summed E-state index contributed by atoms with van der Waals surface area (Å²) < 4.78 is 38.6. The molecule has 1 aromatic heterocycles. The second-order valence-electron chi connectivity index (χ2n) is 4.29. The van der Waals surface area contributed by atoms with Gasteiger partial charge in [0.15, 0.2) is 0 Å². The quantitative estimate of drug-likeness (QED) is 0.405. The largest absolute Gasteiger partial charge is 0.726 e. The smallest absolute Gasteiger partial charge is 0.401 e. The lowest BCUT2D eigenvalue weighted by Crippen LogP contribution is -1.90. The molecule has 0 bridgehead atoms. The van der Waals surface area contributed by atoms with Crippen LogP contribution in [0.2, 0.25) is 0 Å². The summed E-state index contributed by atoms with van der Waals surface area (Å²) in [5.74, 6) is 0.666. The van der Waals surface area contributed by atoms with Gasteiger partial charge in [-0.05, 0) is 18.2 Å². The van der Waals surface area contributed by atoms with Gasteiger partial charge >= 0.3 is 11.3 Å². The van der Waals surface area contributed by atoms with Crippen LogP contribution in [0.25, 0.3) is 22.3 Å². The van der Waals surface area contributed by atoms with Crippen LogP contribution in [0.4, 0.5) is 0 Å². The highest BCUT2D eigenvalue weighted by molar-refractivity contribution is 7.79. The number of fused-ring (bicyclic) bond motifs is 1. The van der Waals surface area contributed by atoms with E-state index in [9.17, 15) is 5.11 Å². The number of hydrogen-bond donors (Lipinski definition) is 2. The highest BCUT2D eigenvalue weighted by atomic mass is 32.3. The number of hydrogen-bond acceptors (Lipinski definition) is 4. The van der Waals surface area contributed by atoms with Crippen LogP contribution in [0.3, 0.4) is 0 Å². The third kappa shape index (κ3) is 4.52. The lowest BCUT2D eigenvalue weighted by molar-refractivity contribution is 0.366. The van der Waals surface area contributed by atoms with Crippen LogP contribution in [-0.2, 0) is 10.4 Å². The monoisotopic (exact) mass is 320 g/mol. The first-order chi connectivity index (χ1) is 10.3. The molecule has 2 N–H and O–H groups in total. The number of rotatable bonds is 1. The molecule has 2 aromatic carbocycles. The SMILES string of the molecule is O=S(=O)([O-])O.Oc1cc2ccccc2[o+]c1-c1ccccc1. The van der Waals surface area contributed by atoms with Gasteiger partial charge in [0.25, 0.3) is 0 Å². The van der Waals surface area contributed by atoms with E-state index in [4.69, 9.17) is 21.9 Å². The van der Waals surface area contributed by atoms with Gasteiger partial charge < -0.3 is 9.66 Å². The van der Waals surface area contributed by atoms with Crippen LogP contribution in [0.5, 0.6) is 5.75 Å². The Balaban J connectivity index is 0.000000309. The van der Waals surface area contributed by atoms with Gasteiger partial charge in [0.1, 0.15) is 0 Å². The summed E-state index contributed by atoms with van der Waals surface area (Å²) in [6.45, 7) is 0. The lowest BCUT2D eigenvalue weighted by Gasteiger charge is -1.95. The van der Waals surface area contributed by atoms with Crippen molar-refractivity contribution < 1.29 is 27.0 Å². The fourth-order valence-corrected chi connectivity index (χ4v) is 1.86. The molecule has 0 fully saturated rings.